The van der Waals surface area contributed by atoms with E-state index in [9.17, 15) is 24.9 Å². The van der Waals surface area contributed by atoms with Crippen molar-refractivity contribution in [2.24, 2.45) is 0 Å². The van der Waals surface area contributed by atoms with Crippen molar-refractivity contribution < 1.29 is 29.6 Å². The molecule has 2 unspecified atom stereocenters. The summed E-state index contributed by atoms with van der Waals surface area (Å²) in [5.41, 5.74) is -1.50. The van der Waals surface area contributed by atoms with Crippen LogP contribution in [0.2, 0.25) is 0 Å². The highest BCUT2D eigenvalue weighted by atomic mass is 16.5. The quantitative estimate of drug-likeness (QED) is 0.0417. The summed E-state index contributed by atoms with van der Waals surface area (Å²) in [6, 6.07) is 0. The fraction of sp³-hybridized carbons (Fsp3) is 0.962. The number of ether oxygens (including phenoxy) is 1. The van der Waals surface area contributed by atoms with Crippen molar-refractivity contribution in [3.8, 4) is 0 Å². The largest absolute Gasteiger partial charge is 0.479 e. The highest BCUT2D eigenvalue weighted by molar-refractivity contribution is 5.77. The Morgan fingerprint density at radius 3 is 0.914 bits per heavy atom. The lowest BCUT2D eigenvalue weighted by molar-refractivity contribution is -0.160. The topological polar surface area (TPSA) is 104 Å². The monoisotopic (exact) mass is 825 g/mol. The smallest absolute Gasteiger partial charge is 0.335 e. The maximum Gasteiger partial charge on any atom is 0.335 e. The molecule has 3 N–H and O–H groups in total. The van der Waals surface area contributed by atoms with E-state index in [2.05, 4.69) is 27.7 Å². The fourth-order valence-electron chi connectivity index (χ4n) is 7.95. The van der Waals surface area contributed by atoms with Crippen LogP contribution >= 0.6 is 0 Å². The van der Waals surface area contributed by atoms with E-state index in [0.717, 1.165) is 57.8 Å². The summed E-state index contributed by atoms with van der Waals surface area (Å²) in [7, 11) is 0. The maximum atomic E-state index is 11.8. The zero-order valence-corrected chi connectivity index (χ0v) is 39.8. The van der Waals surface area contributed by atoms with Crippen LogP contribution in [0, 0.1) is 0 Å². The number of carboxylic acid groups (broad SMARTS) is 1. The first-order valence-corrected chi connectivity index (χ1v) is 26.1. The van der Waals surface area contributed by atoms with Gasteiger partial charge in [-0.2, -0.15) is 0 Å². The first-order valence-electron chi connectivity index (χ1n) is 26.1. The Labute approximate surface area is 362 Å². The second-order valence-corrected chi connectivity index (χ2v) is 18.0. The average molecular weight is 825 g/mol. The molecule has 6 nitrogen and oxygen atoms in total. The molecule has 348 valence electrons. The average Bonchev–Trinajstić information content (AvgIpc) is 3.22. The molecule has 0 aromatic heterocycles. The fourth-order valence-corrected chi connectivity index (χ4v) is 7.95. The van der Waals surface area contributed by atoms with Gasteiger partial charge in [0.25, 0.3) is 0 Å². The minimum atomic E-state index is -1.50. The molecule has 0 saturated carbocycles. The van der Waals surface area contributed by atoms with E-state index in [-0.39, 0.29) is 0 Å². The van der Waals surface area contributed by atoms with Gasteiger partial charge in [0.2, 0.25) is 0 Å². The van der Waals surface area contributed by atoms with Crippen molar-refractivity contribution in [3.05, 3.63) is 0 Å². The molecule has 0 aliphatic heterocycles. The van der Waals surface area contributed by atoms with Crippen molar-refractivity contribution in [1.82, 2.24) is 0 Å². The number of hydrogen-bond donors (Lipinski definition) is 3. The molecule has 0 spiro atoms. The summed E-state index contributed by atoms with van der Waals surface area (Å²) < 4.78 is 5.19. The number of carboxylic acids is 1. The SMILES string of the molecule is CCCCCCCCCCCCCCCCC(O)(CCCCCCCC)C(=O)O.CCCCCCCCCCCCCCCCC(O)C(=O)OCCCCCCCC. The van der Waals surface area contributed by atoms with Crippen molar-refractivity contribution in [1.29, 1.82) is 0 Å². The number of rotatable bonds is 46. The Morgan fingerprint density at radius 1 is 0.397 bits per heavy atom. The van der Waals surface area contributed by atoms with Gasteiger partial charge in [0.1, 0.15) is 0 Å². The van der Waals surface area contributed by atoms with E-state index in [0.29, 0.717) is 25.9 Å². The summed E-state index contributed by atoms with van der Waals surface area (Å²) in [6.45, 7) is 9.40. The third-order valence-electron chi connectivity index (χ3n) is 12.1. The predicted molar refractivity (Wildman–Crippen MR) is 251 cm³/mol. The first-order chi connectivity index (χ1) is 28.3. The molecule has 0 aliphatic carbocycles. The summed E-state index contributed by atoms with van der Waals surface area (Å²) in [5, 5.41) is 29.8. The molecule has 0 aromatic carbocycles. The van der Waals surface area contributed by atoms with Crippen LogP contribution in [0.5, 0.6) is 0 Å². The van der Waals surface area contributed by atoms with Crippen LogP contribution in [0.4, 0.5) is 0 Å². The van der Waals surface area contributed by atoms with Gasteiger partial charge in [0, 0.05) is 0 Å². The van der Waals surface area contributed by atoms with Crippen LogP contribution in [-0.4, -0.2) is 45.6 Å². The Bertz CT molecular complexity index is 816. The Balaban J connectivity index is 0. The van der Waals surface area contributed by atoms with Crippen LogP contribution in [0.3, 0.4) is 0 Å². The minimum Gasteiger partial charge on any atom is -0.479 e. The molecule has 2 atom stereocenters. The molecule has 0 aromatic rings. The Kier molecular flexibility index (Phi) is 49.3. The van der Waals surface area contributed by atoms with E-state index in [1.165, 1.54) is 199 Å². The third-order valence-corrected chi connectivity index (χ3v) is 12.1. The maximum absolute atomic E-state index is 11.8. The normalized spacial score (nSPS) is 12.9. The van der Waals surface area contributed by atoms with Crippen molar-refractivity contribution in [2.45, 2.75) is 315 Å². The zero-order chi connectivity index (χ0) is 43.1. The van der Waals surface area contributed by atoms with Gasteiger partial charge in [0.15, 0.2) is 11.7 Å². The molecule has 0 aliphatic rings. The summed E-state index contributed by atoms with van der Waals surface area (Å²) in [6.07, 6.45) is 50.7. The lowest BCUT2D eigenvalue weighted by atomic mass is 9.89. The lowest BCUT2D eigenvalue weighted by Gasteiger charge is -2.23. The van der Waals surface area contributed by atoms with Crippen molar-refractivity contribution in [3.63, 3.8) is 0 Å². The van der Waals surface area contributed by atoms with E-state index >= 15 is 0 Å². The van der Waals surface area contributed by atoms with Gasteiger partial charge < -0.3 is 20.1 Å². The van der Waals surface area contributed by atoms with Crippen LogP contribution in [0.15, 0.2) is 0 Å². The molecular formula is C52H104O6. The van der Waals surface area contributed by atoms with Crippen LogP contribution < -0.4 is 0 Å². The number of carbonyl (C=O) groups is 2. The minimum absolute atomic E-state index is 0.410. The molecule has 58 heavy (non-hydrogen) atoms. The van der Waals surface area contributed by atoms with Gasteiger partial charge in [0.05, 0.1) is 6.61 Å². The first kappa shape index (κ1) is 59.0. The second-order valence-electron chi connectivity index (χ2n) is 18.0. The molecule has 0 rings (SSSR count). The number of unbranched alkanes of at least 4 members (excludes halogenated alkanes) is 36. The van der Waals surface area contributed by atoms with Gasteiger partial charge in [-0.1, -0.05) is 265 Å². The molecule has 0 saturated heterocycles. The van der Waals surface area contributed by atoms with Gasteiger partial charge in [-0.25, -0.2) is 9.59 Å². The van der Waals surface area contributed by atoms with Crippen LogP contribution in [0.1, 0.15) is 304 Å². The zero-order valence-electron chi connectivity index (χ0n) is 39.8. The number of hydrogen-bond acceptors (Lipinski definition) is 5. The molecule has 6 heteroatoms. The molecule has 0 fully saturated rings. The molecule has 0 radical (unpaired) electrons. The molecule has 0 bridgehead atoms. The lowest BCUT2D eigenvalue weighted by Crippen LogP contribution is -2.38. The van der Waals surface area contributed by atoms with E-state index < -0.39 is 23.6 Å². The summed E-state index contributed by atoms with van der Waals surface area (Å²) in [5.74, 6) is -1.45. The van der Waals surface area contributed by atoms with Gasteiger partial charge in [-0.05, 0) is 38.5 Å². The van der Waals surface area contributed by atoms with Crippen molar-refractivity contribution in [2.75, 3.05) is 6.61 Å². The van der Waals surface area contributed by atoms with Gasteiger partial charge in [-0.3, -0.25) is 0 Å². The highest BCUT2D eigenvalue weighted by Gasteiger charge is 2.34. The second kappa shape index (κ2) is 48.5. The number of carbonyl (C=O) groups excluding carboxylic acids is 1. The number of aliphatic hydroxyl groups is 2. The van der Waals surface area contributed by atoms with Crippen molar-refractivity contribution >= 4 is 11.9 Å². The van der Waals surface area contributed by atoms with E-state index in [4.69, 9.17) is 4.74 Å². The van der Waals surface area contributed by atoms with E-state index in [1.807, 2.05) is 0 Å². The highest BCUT2D eigenvalue weighted by Crippen LogP contribution is 2.24. The number of aliphatic hydroxyl groups excluding tert-OH is 1. The third kappa shape index (κ3) is 44.4. The molecular weight excluding hydrogens is 721 g/mol. The summed E-state index contributed by atoms with van der Waals surface area (Å²) in [4.78, 5) is 23.3. The molecule has 0 amide bonds. The Hall–Kier alpha value is -1.14. The summed E-state index contributed by atoms with van der Waals surface area (Å²) >= 11 is 0. The van der Waals surface area contributed by atoms with Crippen LogP contribution in [-0.2, 0) is 14.3 Å². The number of aliphatic carboxylic acids is 1. The standard InChI is InChI=1S/2C26H52O3/c1-3-5-7-9-11-12-13-14-15-16-17-18-19-21-23-25(27)26(28)29-24-22-20-10-8-6-4-2;1-3-5-7-9-11-12-13-14-15-16-17-18-20-22-24-26(29,25(27)28)23-21-19-10-8-6-4-2/h25,27H,3-24H2,1-2H3;29H,3-24H2,1-2H3,(H,27,28). The number of esters is 1. The van der Waals surface area contributed by atoms with Crippen LogP contribution in [0.25, 0.3) is 0 Å². The molecule has 0 heterocycles. The van der Waals surface area contributed by atoms with E-state index in [1.54, 1.807) is 0 Å². The Morgan fingerprint density at radius 2 is 0.638 bits per heavy atom. The van der Waals surface area contributed by atoms with Gasteiger partial charge >= 0.3 is 11.9 Å². The van der Waals surface area contributed by atoms with Gasteiger partial charge in [-0.15, -0.1) is 0 Å². The predicted octanol–water partition coefficient (Wildman–Crippen LogP) is 16.5.